The summed E-state index contributed by atoms with van der Waals surface area (Å²) in [5.41, 5.74) is 0.954. The van der Waals surface area contributed by atoms with E-state index < -0.39 is 0 Å². The molecule has 0 bridgehead atoms. The maximum Gasteiger partial charge on any atom is 0.234 e. The molecule has 1 aromatic heterocycles. The van der Waals surface area contributed by atoms with E-state index in [0.29, 0.717) is 29.5 Å². The molecule has 1 aromatic carbocycles. The largest absolute Gasteiger partial charge is 0.493 e. The van der Waals surface area contributed by atoms with Gasteiger partial charge in [-0.05, 0) is 36.8 Å². The Labute approximate surface area is 143 Å². The number of hydrogen-bond acceptors (Lipinski definition) is 6. The zero-order valence-corrected chi connectivity index (χ0v) is 14.2. The van der Waals surface area contributed by atoms with Crippen LogP contribution in [0.25, 0.3) is 0 Å². The van der Waals surface area contributed by atoms with E-state index >= 15 is 0 Å². The number of methoxy groups -OCH3 is 1. The van der Waals surface area contributed by atoms with Crippen LogP contribution >= 0.6 is 11.8 Å². The molecule has 0 saturated carbocycles. The van der Waals surface area contributed by atoms with Gasteiger partial charge in [0.25, 0.3) is 0 Å². The van der Waals surface area contributed by atoms with Gasteiger partial charge in [-0.2, -0.15) is 0 Å². The maximum atomic E-state index is 12.3. The molecule has 0 N–H and O–H groups in total. The van der Waals surface area contributed by atoms with Gasteiger partial charge in [-0.15, -0.1) is 11.8 Å². The van der Waals surface area contributed by atoms with Crippen LogP contribution in [0.5, 0.6) is 17.2 Å². The fraction of sp³-hybridized carbons (Fsp3) is 0.353. The number of aryl methyl sites for hydroxylation is 1. The van der Waals surface area contributed by atoms with Gasteiger partial charge in [0.1, 0.15) is 16.9 Å². The minimum Gasteiger partial charge on any atom is -0.493 e. The molecule has 1 saturated heterocycles. The first-order valence-electron chi connectivity index (χ1n) is 7.59. The van der Waals surface area contributed by atoms with Crippen LogP contribution in [-0.4, -0.2) is 30.5 Å². The highest BCUT2D eigenvalue weighted by Crippen LogP contribution is 2.47. The van der Waals surface area contributed by atoms with Gasteiger partial charge in [-0.1, -0.05) is 0 Å². The van der Waals surface area contributed by atoms with Crippen LogP contribution in [0.3, 0.4) is 0 Å². The lowest BCUT2D eigenvalue weighted by Gasteiger charge is -2.24. The van der Waals surface area contributed by atoms with E-state index in [1.165, 1.54) is 0 Å². The molecule has 2 aliphatic rings. The van der Waals surface area contributed by atoms with Crippen LogP contribution in [0.1, 0.15) is 22.5 Å². The monoisotopic (exact) mass is 347 g/mol. The van der Waals surface area contributed by atoms with E-state index in [-0.39, 0.29) is 18.1 Å². The van der Waals surface area contributed by atoms with Gasteiger partial charge in [-0.3, -0.25) is 4.79 Å². The number of carbonyl (C=O) groups excluding carboxylic acids is 1. The fourth-order valence-electron chi connectivity index (χ4n) is 2.93. The molecule has 1 atom stereocenters. The second-order valence-corrected chi connectivity index (χ2v) is 6.72. The summed E-state index contributed by atoms with van der Waals surface area (Å²) in [6.07, 6.45) is 0. The lowest BCUT2D eigenvalue weighted by molar-refractivity contribution is -0.128. The highest BCUT2D eigenvalue weighted by molar-refractivity contribution is 8.00. The molecule has 0 radical (unpaired) electrons. The molecule has 2 aromatic rings. The minimum absolute atomic E-state index is 0.0932. The summed E-state index contributed by atoms with van der Waals surface area (Å²) >= 11 is 1.59. The van der Waals surface area contributed by atoms with Crippen molar-refractivity contribution in [1.82, 2.24) is 4.90 Å². The third-order valence-corrected chi connectivity index (χ3v) is 5.31. The average Bonchev–Trinajstić information content (AvgIpc) is 3.28. The topological polar surface area (TPSA) is 61.1 Å². The molecule has 0 spiro atoms. The molecule has 1 amide bonds. The molecule has 1 unspecified atom stereocenters. The molecule has 2 aliphatic heterocycles. The number of carbonyl (C=O) groups is 1. The number of rotatable bonds is 4. The summed E-state index contributed by atoms with van der Waals surface area (Å²) in [7, 11) is 1.59. The van der Waals surface area contributed by atoms with Gasteiger partial charge in [0.05, 0.1) is 19.4 Å². The Balaban J connectivity index is 1.66. The second kappa shape index (κ2) is 5.98. The highest BCUT2D eigenvalue weighted by Gasteiger charge is 2.35. The van der Waals surface area contributed by atoms with Gasteiger partial charge in [0.2, 0.25) is 18.4 Å². The van der Waals surface area contributed by atoms with Crippen molar-refractivity contribution in [1.29, 1.82) is 0 Å². The van der Waals surface area contributed by atoms with Gasteiger partial charge >= 0.3 is 0 Å². The summed E-state index contributed by atoms with van der Waals surface area (Å²) in [6, 6.07) is 7.64. The van der Waals surface area contributed by atoms with Crippen LogP contribution in [0.2, 0.25) is 0 Å². The van der Waals surface area contributed by atoms with E-state index in [4.69, 9.17) is 18.6 Å². The maximum absolute atomic E-state index is 12.3. The summed E-state index contributed by atoms with van der Waals surface area (Å²) in [5, 5.41) is -0.105. The Kier molecular flexibility index (Phi) is 3.80. The summed E-state index contributed by atoms with van der Waals surface area (Å²) in [6.45, 7) is 2.52. The quantitative estimate of drug-likeness (QED) is 0.847. The molecule has 4 rings (SSSR count). The number of hydrogen-bond donors (Lipinski definition) is 0. The van der Waals surface area contributed by atoms with Gasteiger partial charge in [-0.25, -0.2) is 0 Å². The van der Waals surface area contributed by atoms with Crippen LogP contribution in [0.15, 0.2) is 28.7 Å². The van der Waals surface area contributed by atoms with Crippen molar-refractivity contribution < 1.29 is 23.4 Å². The van der Waals surface area contributed by atoms with Crippen molar-refractivity contribution in [3.05, 3.63) is 41.3 Å². The van der Waals surface area contributed by atoms with Crippen molar-refractivity contribution in [3.63, 3.8) is 0 Å². The smallest absolute Gasteiger partial charge is 0.234 e. The molecule has 24 heavy (non-hydrogen) atoms. The van der Waals surface area contributed by atoms with E-state index in [0.717, 1.165) is 17.1 Å². The van der Waals surface area contributed by atoms with Crippen molar-refractivity contribution >= 4 is 17.7 Å². The predicted octanol–water partition coefficient (Wildman–Crippen LogP) is 3.10. The van der Waals surface area contributed by atoms with E-state index in [9.17, 15) is 4.79 Å². The molecule has 3 heterocycles. The third kappa shape index (κ3) is 2.58. The average molecular weight is 347 g/mol. The van der Waals surface area contributed by atoms with E-state index in [1.807, 2.05) is 36.1 Å². The van der Waals surface area contributed by atoms with Crippen LogP contribution in [0, 0.1) is 6.92 Å². The summed E-state index contributed by atoms with van der Waals surface area (Å²) < 4.78 is 22.0. The summed E-state index contributed by atoms with van der Waals surface area (Å²) in [5.74, 6) is 4.04. The molecular weight excluding hydrogens is 330 g/mol. The standard InChI is InChI=1S/C17H17NO5S/c1-10-3-4-12(23-10)7-18-15(19)8-24-17(18)11-5-13(20-2)16-14(6-11)21-9-22-16/h3-6,17H,7-9H2,1-2H3. The van der Waals surface area contributed by atoms with E-state index in [1.54, 1.807) is 18.9 Å². The van der Waals surface area contributed by atoms with Crippen molar-refractivity contribution in [2.45, 2.75) is 18.8 Å². The van der Waals surface area contributed by atoms with Crippen molar-refractivity contribution in [2.24, 2.45) is 0 Å². The number of thioether (sulfide) groups is 1. The van der Waals surface area contributed by atoms with Gasteiger partial charge < -0.3 is 23.5 Å². The predicted molar refractivity (Wildman–Crippen MR) is 88.3 cm³/mol. The third-order valence-electron chi connectivity index (χ3n) is 4.06. The number of fused-ring (bicyclic) bond motifs is 1. The number of furan rings is 1. The Bertz CT molecular complexity index is 787. The van der Waals surface area contributed by atoms with Crippen LogP contribution in [-0.2, 0) is 11.3 Å². The first-order chi connectivity index (χ1) is 11.7. The first-order valence-corrected chi connectivity index (χ1v) is 8.64. The minimum atomic E-state index is -0.105. The molecular formula is C17H17NO5S. The van der Waals surface area contributed by atoms with Crippen molar-refractivity contribution in [3.8, 4) is 17.2 Å². The SMILES string of the molecule is COc1cc(C2SCC(=O)N2Cc2ccc(C)o2)cc2c1OCO2. The molecule has 6 nitrogen and oxygen atoms in total. The Morgan fingerprint density at radius 1 is 1.33 bits per heavy atom. The normalized spacial score (nSPS) is 19.2. The lowest BCUT2D eigenvalue weighted by Crippen LogP contribution is -2.27. The molecule has 126 valence electrons. The fourth-order valence-corrected chi connectivity index (χ4v) is 4.10. The van der Waals surface area contributed by atoms with Crippen LogP contribution in [0.4, 0.5) is 0 Å². The Hall–Kier alpha value is -2.28. The Morgan fingerprint density at radius 3 is 2.96 bits per heavy atom. The van der Waals surface area contributed by atoms with Gasteiger partial charge in [0, 0.05) is 0 Å². The zero-order valence-electron chi connectivity index (χ0n) is 13.4. The van der Waals surface area contributed by atoms with Crippen LogP contribution < -0.4 is 14.2 Å². The number of nitrogens with zero attached hydrogens (tertiary/aromatic N) is 1. The zero-order chi connectivity index (χ0) is 16.7. The molecule has 7 heteroatoms. The molecule has 0 aliphatic carbocycles. The highest BCUT2D eigenvalue weighted by atomic mass is 32.2. The van der Waals surface area contributed by atoms with Crippen molar-refractivity contribution in [2.75, 3.05) is 19.7 Å². The number of amides is 1. The molecule has 1 fully saturated rings. The summed E-state index contributed by atoms with van der Waals surface area (Å²) in [4.78, 5) is 14.2. The lowest BCUT2D eigenvalue weighted by atomic mass is 10.1. The number of ether oxygens (including phenoxy) is 3. The number of benzene rings is 1. The second-order valence-electron chi connectivity index (χ2n) is 5.65. The Morgan fingerprint density at radius 2 is 2.21 bits per heavy atom. The van der Waals surface area contributed by atoms with Gasteiger partial charge in [0.15, 0.2) is 11.5 Å². The van der Waals surface area contributed by atoms with E-state index in [2.05, 4.69) is 0 Å². The first kappa shape index (κ1) is 15.3.